The van der Waals surface area contributed by atoms with E-state index >= 15 is 0 Å². The van der Waals surface area contributed by atoms with Gasteiger partial charge in [0.1, 0.15) is 19.9 Å². The second-order valence-electron chi connectivity index (χ2n) is 13.0. The number of hydrogen-bond acceptors (Lipinski definition) is 5. The maximum Gasteiger partial charge on any atom is 0.322 e. The molecule has 0 atom stereocenters. The van der Waals surface area contributed by atoms with Gasteiger partial charge in [0.2, 0.25) is 10.6 Å². The Morgan fingerprint density at radius 3 is 1.35 bits per heavy atom. The van der Waals surface area contributed by atoms with Gasteiger partial charge in [0.25, 0.3) is 0 Å². The van der Waals surface area contributed by atoms with Gasteiger partial charge in [-0.25, -0.2) is 4.90 Å². The lowest BCUT2D eigenvalue weighted by Gasteiger charge is -2.39. The number of aromatic nitrogens is 3. The summed E-state index contributed by atoms with van der Waals surface area (Å²) in [6, 6.07) is 0.185. The van der Waals surface area contributed by atoms with Gasteiger partial charge in [-0.05, 0) is 48.9 Å². The molecule has 9 heteroatoms. The van der Waals surface area contributed by atoms with Gasteiger partial charge in [0.15, 0.2) is 0 Å². The molecule has 0 N–H and O–H groups in total. The molecule has 0 aliphatic heterocycles. The van der Waals surface area contributed by atoms with Gasteiger partial charge >= 0.3 is 6.01 Å². The molecule has 0 radical (unpaired) electrons. The van der Waals surface area contributed by atoms with Crippen LogP contribution in [-0.2, 0) is 0 Å². The summed E-state index contributed by atoms with van der Waals surface area (Å²) in [4.78, 5) is 14.5. The van der Waals surface area contributed by atoms with Crippen LogP contribution in [0.5, 0.6) is 6.01 Å². The lowest BCUT2D eigenvalue weighted by molar-refractivity contribution is -0.928. The van der Waals surface area contributed by atoms with Crippen molar-refractivity contribution in [3.05, 3.63) is 10.6 Å². The Morgan fingerprint density at radius 2 is 0.950 bits per heavy atom. The van der Waals surface area contributed by atoms with E-state index in [1.807, 2.05) is 0 Å². The van der Waals surface area contributed by atoms with Gasteiger partial charge in [-0.3, -0.25) is 0 Å². The Kier molecular flexibility index (Phi) is 20.4. The molecule has 1 heterocycles. The summed E-state index contributed by atoms with van der Waals surface area (Å²) in [5, 5.41) is 0.108. The largest absolute Gasteiger partial charge is 0.462 e. The van der Waals surface area contributed by atoms with Gasteiger partial charge in [-0.15, -0.1) is 0 Å². The van der Waals surface area contributed by atoms with Crippen LogP contribution in [-0.4, -0.2) is 96.6 Å². The zero-order valence-electron chi connectivity index (χ0n) is 26.9. The van der Waals surface area contributed by atoms with Crippen LogP contribution >= 0.6 is 23.2 Å². The van der Waals surface area contributed by atoms with Crippen LogP contribution in [0.25, 0.3) is 0 Å². The molecule has 0 unspecified atom stereocenters. The molecule has 7 nitrogen and oxygen atoms in total. The molecule has 40 heavy (non-hydrogen) atoms. The average molecular weight is 606 g/mol. The molecule has 0 spiro atoms. The summed E-state index contributed by atoms with van der Waals surface area (Å²) in [5.74, 6) is 0. The van der Waals surface area contributed by atoms with Gasteiger partial charge in [0.05, 0.1) is 41.3 Å². The Morgan fingerprint density at radius 1 is 0.575 bits per heavy atom. The first kappa shape index (κ1) is 37.3. The third-order valence-electron chi connectivity index (χ3n) is 7.60. The summed E-state index contributed by atoms with van der Waals surface area (Å²) >= 11 is 11.9. The van der Waals surface area contributed by atoms with Crippen molar-refractivity contribution in [2.45, 2.75) is 117 Å². The maximum absolute atomic E-state index is 5.93. The second kappa shape index (κ2) is 21.9. The fourth-order valence-electron chi connectivity index (χ4n) is 5.40. The minimum Gasteiger partial charge on any atom is -0.462 e. The molecule has 0 aliphatic rings. The summed E-state index contributed by atoms with van der Waals surface area (Å²) in [6.07, 6.45) is 21.7. The van der Waals surface area contributed by atoms with Crippen molar-refractivity contribution >= 4 is 23.2 Å². The van der Waals surface area contributed by atoms with Crippen molar-refractivity contribution in [3.63, 3.8) is 0 Å². The molecule has 234 valence electrons. The van der Waals surface area contributed by atoms with Crippen LogP contribution in [0.15, 0.2) is 0 Å². The number of unbranched alkanes of at least 4 members (excludes halogenated alkanes) is 14. The summed E-state index contributed by atoms with van der Waals surface area (Å²) in [7, 11) is 9.44. The monoisotopic (exact) mass is 604 g/mol. The Labute approximate surface area is 257 Å². The number of ether oxygens (including phenoxy) is 1. The predicted molar refractivity (Wildman–Crippen MR) is 171 cm³/mol. The van der Waals surface area contributed by atoms with E-state index in [9.17, 15) is 0 Å². The molecule has 0 aromatic carbocycles. The molecule has 0 saturated heterocycles. The minimum atomic E-state index is 0.0539. The number of hydrogen-bond donors (Lipinski definition) is 0. The van der Waals surface area contributed by atoms with Crippen LogP contribution < -0.4 is 4.74 Å². The van der Waals surface area contributed by atoms with E-state index in [4.69, 9.17) is 27.9 Å². The Hall–Kier alpha value is -0.730. The average Bonchev–Trinajstić information content (AvgIpc) is 2.86. The number of nitrogens with zero attached hydrogens (tertiary/aromatic N) is 6. The van der Waals surface area contributed by atoms with Crippen molar-refractivity contribution in [1.82, 2.24) is 19.9 Å². The number of quaternary nitrogens is 2. The van der Waals surface area contributed by atoms with Crippen molar-refractivity contribution in [1.29, 1.82) is 0 Å². The second-order valence-corrected chi connectivity index (χ2v) is 13.6. The molecule has 0 bridgehead atoms. The van der Waals surface area contributed by atoms with Crippen LogP contribution in [0.4, 0.5) is 0 Å². The van der Waals surface area contributed by atoms with Crippen LogP contribution in [0.2, 0.25) is 10.6 Å². The lowest BCUT2D eigenvalue weighted by Crippen LogP contribution is -2.56. The highest BCUT2D eigenvalue weighted by atomic mass is 35.5. The summed E-state index contributed by atoms with van der Waals surface area (Å²) in [5.41, 5.74) is 0. The first-order valence-electron chi connectivity index (χ1n) is 16.1. The summed E-state index contributed by atoms with van der Waals surface area (Å²) < 4.78 is 7.81. The first-order chi connectivity index (χ1) is 19.1. The summed E-state index contributed by atoms with van der Waals surface area (Å²) in [6.45, 7) is 10.2. The molecule has 1 aromatic rings. The topological polar surface area (TPSA) is 51.1 Å². The Balaban J connectivity index is 2.58. The van der Waals surface area contributed by atoms with Crippen molar-refractivity contribution in [2.24, 2.45) is 0 Å². The number of halogens is 2. The highest BCUT2D eigenvalue weighted by Gasteiger charge is 2.26. The highest BCUT2D eigenvalue weighted by molar-refractivity contribution is 6.31. The van der Waals surface area contributed by atoms with Crippen molar-refractivity contribution < 1.29 is 13.7 Å². The molecular formula is C31H62Cl2N6O+2. The normalized spacial score (nSPS) is 12.4. The molecule has 0 saturated carbocycles. The van der Waals surface area contributed by atoms with Crippen LogP contribution in [0.3, 0.4) is 0 Å². The standard InChI is InChI=1S/C31H62Cl2N6O/c1-7-9-11-13-15-17-19-21-24-38(3,4)27-37(23-26-40-31-35-29(32)34-30(33)36-31)28-39(5,6)25-22-20-18-16-14-12-10-8-2/h7-28H2,1-6H3/q+2. The highest BCUT2D eigenvalue weighted by Crippen LogP contribution is 2.15. The van der Waals surface area contributed by atoms with E-state index in [0.29, 0.717) is 6.61 Å². The van der Waals surface area contributed by atoms with Crippen molar-refractivity contribution in [2.75, 3.05) is 67.8 Å². The SMILES string of the molecule is CCCCCCCCCC[N+](C)(C)CN(CCOc1nc(Cl)nc(Cl)n1)C[N+](C)(C)CCCCCCCCCC. The van der Waals surface area contributed by atoms with E-state index < -0.39 is 0 Å². The smallest absolute Gasteiger partial charge is 0.322 e. The molecule has 0 fully saturated rings. The van der Waals surface area contributed by atoms with Gasteiger partial charge < -0.3 is 13.7 Å². The van der Waals surface area contributed by atoms with Crippen LogP contribution in [0.1, 0.15) is 117 Å². The quantitative estimate of drug-likeness (QED) is 0.0605. The van der Waals surface area contributed by atoms with E-state index in [-0.39, 0.29) is 16.6 Å². The third kappa shape index (κ3) is 20.2. The Bertz CT molecular complexity index is 711. The number of rotatable bonds is 26. The minimum absolute atomic E-state index is 0.0539. The molecule has 1 aromatic heterocycles. The van der Waals surface area contributed by atoms with E-state index in [1.54, 1.807) is 0 Å². The lowest BCUT2D eigenvalue weighted by atomic mass is 10.1. The molecular weight excluding hydrogens is 543 g/mol. The first-order valence-corrected chi connectivity index (χ1v) is 16.9. The van der Waals surface area contributed by atoms with Gasteiger partial charge in [-0.2, -0.15) is 15.0 Å². The maximum atomic E-state index is 5.93. The van der Waals surface area contributed by atoms with E-state index in [2.05, 4.69) is 61.9 Å². The van der Waals surface area contributed by atoms with Crippen LogP contribution in [0, 0.1) is 0 Å². The fraction of sp³-hybridized carbons (Fsp3) is 0.903. The molecule has 0 amide bonds. The van der Waals surface area contributed by atoms with Gasteiger partial charge in [-0.1, -0.05) is 90.9 Å². The van der Waals surface area contributed by atoms with Gasteiger partial charge in [0, 0.05) is 6.54 Å². The van der Waals surface area contributed by atoms with E-state index in [0.717, 1.165) is 28.8 Å². The predicted octanol–water partition coefficient (Wildman–Crippen LogP) is 8.21. The fourth-order valence-corrected chi connectivity index (χ4v) is 5.75. The molecule has 1 rings (SSSR count). The zero-order valence-corrected chi connectivity index (χ0v) is 28.4. The zero-order chi connectivity index (χ0) is 29.7. The van der Waals surface area contributed by atoms with E-state index in [1.165, 1.54) is 116 Å². The third-order valence-corrected chi connectivity index (χ3v) is 7.94. The van der Waals surface area contributed by atoms with Crippen molar-refractivity contribution in [3.8, 4) is 6.01 Å². The molecule has 0 aliphatic carbocycles.